The van der Waals surface area contributed by atoms with Crippen molar-refractivity contribution in [3.63, 3.8) is 0 Å². The Balaban J connectivity index is 1.46. The molecule has 1 heterocycles. The summed E-state index contributed by atoms with van der Waals surface area (Å²) in [4.78, 5) is 27.0. The zero-order chi connectivity index (χ0) is 20.6. The van der Waals surface area contributed by atoms with Gasteiger partial charge in [0.05, 0.1) is 6.54 Å². The maximum atomic E-state index is 13.2. The molecule has 2 aromatic rings. The van der Waals surface area contributed by atoms with Crippen molar-refractivity contribution >= 4 is 11.9 Å². The van der Waals surface area contributed by atoms with Gasteiger partial charge < -0.3 is 15.2 Å². The van der Waals surface area contributed by atoms with Crippen molar-refractivity contribution in [1.29, 1.82) is 0 Å². The van der Waals surface area contributed by atoms with Crippen LogP contribution < -0.4 is 10.1 Å². The number of aryl methyl sites for hydroxylation is 3. The van der Waals surface area contributed by atoms with E-state index in [1.165, 1.54) is 0 Å². The predicted octanol–water partition coefficient (Wildman–Crippen LogP) is 2.83. The highest BCUT2D eigenvalue weighted by Crippen LogP contribution is 2.39. The molecule has 2 N–H and O–H groups in total. The lowest BCUT2D eigenvalue weighted by Gasteiger charge is -2.33. The van der Waals surface area contributed by atoms with E-state index in [0.29, 0.717) is 12.2 Å². The fourth-order valence-corrected chi connectivity index (χ4v) is 4.45. The molecule has 1 aliphatic heterocycles. The Morgan fingerprint density at radius 1 is 1.17 bits per heavy atom. The van der Waals surface area contributed by atoms with Crippen molar-refractivity contribution < 1.29 is 19.4 Å². The Bertz CT molecular complexity index is 937. The Kier molecular flexibility index (Phi) is 5.04. The number of ether oxygens (including phenoxy) is 1. The number of fused-ring (bicyclic) bond motifs is 2. The van der Waals surface area contributed by atoms with E-state index < -0.39 is 17.7 Å². The van der Waals surface area contributed by atoms with Crippen molar-refractivity contribution in [3.05, 3.63) is 64.7 Å². The molecule has 6 heteroatoms. The molecule has 3 amide bonds. The molecule has 6 nitrogen and oxygen atoms in total. The second-order valence-electron chi connectivity index (χ2n) is 8.05. The van der Waals surface area contributed by atoms with Crippen molar-refractivity contribution in [2.24, 2.45) is 0 Å². The first kappa shape index (κ1) is 19.5. The van der Waals surface area contributed by atoms with Gasteiger partial charge in [0.1, 0.15) is 24.0 Å². The van der Waals surface area contributed by atoms with Crippen LogP contribution in [0.1, 0.15) is 35.1 Å². The normalized spacial score (nSPS) is 21.8. The molecule has 29 heavy (non-hydrogen) atoms. The molecule has 1 aliphatic carbocycles. The number of rotatable bonds is 5. The standard InChI is InChI=1S/C23H26N2O4/c1-15-10-16(2)12-19(11-15)29-14-18(26)13-25-21(27)23(24-22(25)28)9-5-7-17-6-3-4-8-20(17)23/h3-4,6,8,10-12,18,26H,5,7,9,13-14H2,1-2H3,(H,24,28)/t18-,23+/m0/s1. The van der Waals surface area contributed by atoms with Gasteiger partial charge in [0.2, 0.25) is 0 Å². The molecular weight excluding hydrogens is 368 g/mol. The molecule has 2 aliphatic rings. The number of aliphatic hydroxyl groups is 1. The van der Waals surface area contributed by atoms with Gasteiger partial charge in [0.15, 0.2) is 0 Å². The highest BCUT2D eigenvalue weighted by atomic mass is 16.5. The molecule has 0 aromatic heterocycles. The van der Waals surface area contributed by atoms with E-state index in [1.54, 1.807) is 0 Å². The largest absolute Gasteiger partial charge is 0.491 e. The summed E-state index contributed by atoms with van der Waals surface area (Å²) in [5, 5.41) is 13.3. The summed E-state index contributed by atoms with van der Waals surface area (Å²) < 4.78 is 5.68. The van der Waals surface area contributed by atoms with E-state index in [9.17, 15) is 14.7 Å². The summed E-state index contributed by atoms with van der Waals surface area (Å²) in [6.45, 7) is 3.86. The molecule has 0 bridgehead atoms. The molecule has 4 rings (SSSR count). The zero-order valence-corrected chi connectivity index (χ0v) is 16.8. The average Bonchev–Trinajstić information content (AvgIpc) is 2.91. The number of imide groups is 1. The van der Waals surface area contributed by atoms with Crippen LogP contribution in [0.25, 0.3) is 0 Å². The van der Waals surface area contributed by atoms with Gasteiger partial charge >= 0.3 is 6.03 Å². The molecule has 2 atom stereocenters. The molecule has 2 aromatic carbocycles. The van der Waals surface area contributed by atoms with Gasteiger partial charge in [-0.2, -0.15) is 0 Å². The number of hydrogen-bond donors (Lipinski definition) is 2. The van der Waals surface area contributed by atoms with Crippen LogP contribution in [0.4, 0.5) is 4.79 Å². The Hall–Kier alpha value is -2.86. The van der Waals surface area contributed by atoms with Crippen LogP contribution in [-0.4, -0.2) is 41.2 Å². The van der Waals surface area contributed by atoms with E-state index in [0.717, 1.165) is 40.0 Å². The lowest BCUT2D eigenvalue weighted by molar-refractivity contribution is -0.133. The smallest absolute Gasteiger partial charge is 0.325 e. The Labute approximate surface area is 170 Å². The van der Waals surface area contributed by atoms with Crippen molar-refractivity contribution in [2.75, 3.05) is 13.2 Å². The van der Waals surface area contributed by atoms with Crippen LogP contribution in [0, 0.1) is 13.8 Å². The average molecular weight is 394 g/mol. The first-order valence-corrected chi connectivity index (χ1v) is 10.0. The fourth-order valence-electron chi connectivity index (χ4n) is 4.45. The van der Waals surface area contributed by atoms with Gasteiger partial charge in [-0.1, -0.05) is 30.3 Å². The van der Waals surface area contributed by atoms with E-state index in [2.05, 4.69) is 5.32 Å². The lowest BCUT2D eigenvalue weighted by Crippen LogP contribution is -2.47. The molecule has 0 saturated carbocycles. The van der Waals surface area contributed by atoms with Gasteiger partial charge in [0, 0.05) is 0 Å². The van der Waals surface area contributed by atoms with Crippen LogP contribution >= 0.6 is 0 Å². The molecular formula is C23H26N2O4. The molecule has 152 valence electrons. The highest BCUT2D eigenvalue weighted by Gasteiger charge is 2.54. The summed E-state index contributed by atoms with van der Waals surface area (Å²) in [6, 6.07) is 13.1. The number of carbonyl (C=O) groups excluding carboxylic acids is 2. The second kappa shape index (κ2) is 7.52. The van der Waals surface area contributed by atoms with Crippen LogP contribution in [0.5, 0.6) is 5.75 Å². The SMILES string of the molecule is Cc1cc(C)cc(OC[C@@H](O)CN2C(=O)N[C@@]3(CCCc4ccccc43)C2=O)c1. The number of β-amino-alcohol motifs (C(OH)–C–C–N with tert-alkyl or cyclic N) is 1. The molecule has 0 unspecified atom stereocenters. The molecule has 1 fully saturated rings. The van der Waals surface area contributed by atoms with Crippen molar-refractivity contribution in [2.45, 2.75) is 44.8 Å². The minimum Gasteiger partial charge on any atom is -0.491 e. The van der Waals surface area contributed by atoms with Gasteiger partial charge in [0.25, 0.3) is 5.91 Å². The third-order valence-corrected chi connectivity index (χ3v) is 5.68. The third kappa shape index (κ3) is 3.60. The van der Waals surface area contributed by atoms with Gasteiger partial charge in [-0.3, -0.25) is 9.69 Å². The van der Waals surface area contributed by atoms with E-state index in [4.69, 9.17) is 4.74 Å². The van der Waals surface area contributed by atoms with Crippen molar-refractivity contribution in [3.8, 4) is 5.75 Å². The predicted molar refractivity (Wildman–Crippen MR) is 109 cm³/mol. The van der Waals surface area contributed by atoms with Crippen molar-refractivity contribution in [1.82, 2.24) is 10.2 Å². The van der Waals surface area contributed by atoms with E-state index in [-0.39, 0.29) is 19.1 Å². The lowest BCUT2D eigenvalue weighted by atomic mass is 9.76. The first-order valence-electron chi connectivity index (χ1n) is 10.0. The van der Waals surface area contributed by atoms with Crippen LogP contribution in [0.3, 0.4) is 0 Å². The number of hydrogen-bond acceptors (Lipinski definition) is 4. The quantitative estimate of drug-likeness (QED) is 0.765. The number of nitrogens with one attached hydrogen (secondary N) is 1. The number of aliphatic hydroxyl groups excluding tert-OH is 1. The minimum atomic E-state index is -1.01. The maximum absolute atomic E-state index is 13.2. The minimum absolute atomic E-state index is 0.00351. The van der Waals surface area contributed by atoms with E-state index >= 15 is 0 Å². The second-order valence-corrected chi connectivity index (χ2v) is 8.05. The third-order valence-electron chi connectivity index (χ3n) is 5.68. The Morgan fingerprint density at radius 3 is 2.66 bits per heavy atom. The van der Waals surface area contributed by atoms with Gasteiger partial charge in [-0.25, -0.2) is 4.79 Å². The first-order chi connectivity index (χ1) is 13.9. The molecule has 1 spiro atoms. The molecule has 0 radical (unpaired) electrons. The number of benzene rings is 2. The maximum Gasteiger partial charge on any atom is 0.325 e. The number of carbonyl (C=O) groups is 2. The zero-order valence-electron chi connectivity index (χ0n) is 16.8. The van der Waals surface area contributed by atoms with E-state index in [1.807, 2.05) is 56.3 Å². The summed E-state index contributed by atoms with van der Waals surface area (Å²) in [5.41, 5.74) is 3.09. The topological polar surface area (TPSA) is 78.9 Å². The van der Waals surface area contributed by atoms with Gasteiger partial charge in [-0.15, -0.1) is 0 Å². The summed E-state index contributed by atoms with van der Waals surface area (Å²) >= 11 is 0. The number of urea groups is 1. The van der Waals surface area contributed by atoms with Crippen LogP contribution in [-0.2, 0) is 16.8 Å². The fraction of sp³-hybridized carbons (Fsp3) is 0.391. The van der Waals surface area contributed by atoms with Crippen LogP contribution in [0.15, 0.2) is 42.5 Å². The summed E-state index contributed by atoms with van der Waals surface area (Å²) in [6.07, 6.45) is 1.32. The van der Waals surface area contributed by atoms with Crippen LogP contribution in [0.2, 0.25) is 0 Å². The monoisotopic (exact) mass is 394 g/mol. The Morgan fingerprint density at radius 2 is 1.90 bits per heavy atom. The highest BCUT2D eigenvalue weighted by molar-refractivity contribution is 6.07. The summed E-state index contributed by atoms with van der Waals surface area (Å²) in [5.74, 6) is 0.372. The number of nitrogens with zero attached hydrogens (tertiary/aromatic N) is 1. The molecule has 1 saturated heterocycles. The number of amides is 3. The summed E-state index contributed by atoms with van der Waals surface area (Å²) in [7, 11) is 0. The van der Waals surface area contributed by atoms with Gasteiger partial charge in [-0.05, 0) is 67.5 Å².